The number of ether oxygens (including phenoxy) is 5. The van der Waals surface area contributed by atoms with Crippen LogP contribution < -0.4 is 18.9 Å². The Balaban J connectivity index is 1.81. The number of allylic oxidation sites excluding steroid dienone is 2. The molecule has 0 amide bonds. The molecule has 40 heavy (non-hydrogen) atoms. The third kappa shape index (κ3) is 5.75. The first kappa shape index (κ1) is 29.6. The van der Waals surface area contributed by atoms with Crippen LogP contribution in [-0.2, 0) is 14.3 Å². The molecule has 0 saturated heterocycles. The van der Waals surface area contributed by atoms with Crippen molar-refractivity contribution in [1.82, 2.24) is 0 Å². The fourth-order valence-corrected chi connectivity index (χ4v) is 6.21. The van der Waals surface area contributed by atoms with Gasteiger partial charge < -0.3 is 23.7 Å². The molecule has 2 aromatic carbocycles. The van der Waals surface area contributed by atoms with Crippen LogP contribution in [0.2, 0.25) is 0 Å². The smallest absolute Gasteiger partial charge is 0.315 e. The number of hydrogen-bond acceptors (Lipinski definition) is 8. The first-order chi connectivity index (χ1) is 19.3. The molecule has 1 aliphatic carbocycles. The highest BCUT2D eigenvalue weighted by molar-refractivity contribution is 9.10. The summed E-state index contributed by atoms with van der Waals surface area (Å²) >= 11 is 3.58. The number of carbonyl (C=O) groups excluding carboxylic acids is 2. The maximum absolute atomic E-state index is 14.0. The standard InChI is InChI=1S/C31H36BrNO7/c1-7-8-11-40-31(35)27-17(2)33-22-13-19(18-9-10-24(36-3)25(15-18)37-4)14-23(34)29(22)28(27)20-12-21(32)30(39-6)26(16-20)38-5/h9-10,12,15-16,19,27-28H,7-8,11,13-14H2,1-6H3/t19-,27?,28-/m1/s1. The zero-order valence-electron chi connectivity index (χ0n) is 23.8. The fraction of sp³-hybridized carbons (Fsp3) is 0.452. The molecule has 0 radical (unpaired) electrons. The molecule has 3 atom stereocenters. The van der Waals surface area contributed by atoms with E-state index in [1.165, 1.54) is 0 Å². The quantitative estimate of drug-likeness (QED) is 0.226. The molecule has 214 valence electrons. The highest BCUT2D eigenvalue weighted by Crippen LogP contribution is 2.49. The van der Waals surface area contributed by atoms with E-state index in [9.17, 15) is 9.59 Å². The van der Waals surface area contributed by atoms with E-state index in [2.05, 4.69) is 15.9 Å². The lowest BCUT2D eigenvalue weighted by Gasteiger charge is -2.37. The summed E-state index contributed by atoms with van der Waals surface area (Å²) in [6.07, 6.45) is 2.51. The monoisotopic (exact) mass is 613 g/mol. The van der Waals surface area contributed by atoms with Gasteiger partial charge in [-0.25, -0.2) is 0 Å². The Kier molecular flexibility index (Phi) is 9.56. The molecule has 2 aromatic rings. The molecule has 0 saturated carbocycles. The van der Waals surface area contributed by atoms with Crippen molar-refractivity contribution in [3.63, 3.8) is 0 Å². The van der Waals surface area contributed by atoms with Gasteiger partial charge in [-0.3, -0.25) is 14.6 Å². The highest BCUT2D eigenvalue weighted by atomic mass is 79.9. The van der Waals surface area contributed by atoms with Crippen LogP contribution in [0.1, 0.15) is 62.5 Å². The number of methoxy groups -OCH3 is 4. The number of ketones is 1. The zero-order chi connectivity index (χ0) is 29.0. The largest absolute Gasteiger partial charge is 0.493 e. The second-order valence-corrected chi connectivity index (χ2v) is 10.8. The van der Waals surface area contributed by atoms with E-state index in [1.54, 1.807) is 28.4 Å². The Morgan fingerprint density at radius 2 is 1.65 bits per heavy atom. The number of aliphatic imine (C=N–C) groups is 1. The highest BCUT2D eigenvalue weighted by Gasteiger charge is 2.45. The number of unbranched alkanes of at least 4 members (excludes halogenated alkanes) is 1. The minimum Gasteiger partial charge on any atom is -0.493 e. The van der Waals surface area contributed by atoms with E-state index in [0.29, 0.717) is 57.5 Å². The third-order valence-electron chi connectivity index (χ3n) is 7.58. The molecular weight excluding hydrogens is 578 g/mol. The summed E-state index contributed by atoms with van der Waals surface area (Å²) in [5.41, 5.74) is 3.59. The van der Waals surface area contributed by atoms with Crippen molar-refractivity contribution >= 4 is 33.4 Å². The Bertz CT molecular complexity index is 1350. The Labute approximate surface area is 243 Å². The first-order valence-corrected chi connectivity index (χ1v) is 14.2. The molecule has 0 fully saturated rings. The summed E-state index contributed by atoms with van der Waals surface area (Å²) in [4.78, 5) is 32.3. The van der Waals surface area contributed by atoms with Crippen LogP contribution in [0.25, 0.3) is 0 Å². The SMILES string of the molecule is CCCCOC(=O)C1C(C)=NC2=C(C(=O)C[C@H](c3ccc(OC)c(OC)c3)C2)[C@@H]1c1cc(Br)c(OC)c(OC)c1. The van der Waals surface area contributed by atoms with Crippen LogP contribution in [0.5, 0.6) is 23.0 Å². The van der Waals surface area contributed by atoms with Crippen LogP contribution in [0.15, 0.2) is 51.1 Å². The second-order valence-electron chi connectivity index (χ2n) is 9.97. The number of esters is 1. The van der Waals surface area contributed by atoms with E-state index < -0.39 is 11.8 Å². The van der Waals surface area contributed by atoms with Crippen LogP contribution in [0.3, 0.4) is 0 Å². The number of Topliss-reactive ketones (excluding diaryl/α,β-unsaturated/α-hetero) is 1. The minimum absolute atomic E-state index is 0.0421. The van der Waals surface area contributed by atoms with E-state index in [0.717, 1.165) is 24.0 Å². The molecule has 1 unspecified atom stereocenters. The van der Waals surface area contributed by atoms with Crippen molar-refractivity contribution in [2.45, 2.75) is 51.4 Å². The molecule has 1 aliphatic heterocycles. The zero-order valence-corrected chi connectivity index (χ0v) is 25.4. The molecule has 9 heteroatoms. The second kappa shape index (κ2) is 12.9. The minimum atomic E-state index is -0.734. The van der Waals surface area contributed by atoms with Crippen molar-refractivity contribution in [3.8, 4) is 23.0 Å². The van der Waals surface area contributed by atoms with Crippen molar-refractivity contribution < 1.29 is 33.3 Å². The van der Waals surface area contributed by atoms with Crippen LogP contribution in [-0.4, -0.2) is 52.5 Å². The summed E-state index contributed by atoms with van der Waals surface area (Å²) in [5, 5.41) is 0. The maximum atomic E-state index is 14.0. The normalized spacial score (nSPS) is 20.4. The van der Waals surface area contributed by atoms with Crippen LogP contribution in [0, 0.1) is 5.92 Å². The van der Waals surface area contributed by atoms with Crippen molar-refractivity contribution in [3.05, 3.63) is 57.2 Å². The predicted molar refractivity (Wildman–Crippen MR) is 156 cm³/mol. The lowest BCUT2D eigenvalue weighted by Crippen LogP contribution is -2.38. The first-order valence-electron chi connectivity index (χ1n) is 13.4. The number of carbonyl (C=O) groups is 2. The lowest BCUT2D eigenvalue weighted by molar-refractivity contribution is -0.146. The number of benzene rings is 2. The lowest BCUT2D eigenvalue weighted by atomic mass is 9.69. The molecular formula is C31H36BrNO7. The Hall–Kier alpha value is -3.33. The molecule has 0 aromatic heterocycles. The third-order valence-corrected chi connectivity index (χ3v) is 8.17. The van der Waals surface area contributed by atoms with E-state index >= 15 is 0 Å². The average molecular weight is 615 g/mol. The predicted octanol–water partition coefficient (Wildman–Crippen LogP) is 6.40. The summed E-state index contributed by atoms with van der Waals surface area (Å²) in [7, 11) is 6.30. The van der Waals surface area contributed by atoms with Gasteiger partial charge in [0, 0.05) is 29.3 Å². The van der Waals surface area contributed by atoms with Gasteiger partial charge in [0.15, 0.2) is 28.8 Å². The Morgan fingerprint density at radius 3 is 2.30 bits per heavy atom. The van der Waals surface area contributed by atoms with Gasteiger partial charge in [-0.2, -0.15) is 0 Å². The van der Waals surface area contributed by atoms with E-state index in [1.807, 2.05) is 44.2 Å². The number of rotatable bonds is 10. The van der Waals surface area contributed by atoms with Gasteiger partial charge in [0.25, 0.3) is 0 Å². The Morgan fingerprint density at radius 1 is 0.950 bits per heavy atom. The van der Waals surface area contributed by atoms with Gasteiger partial charge >= 0.3 is 5.97 Å². The maximum Gasteiger partial charge on any atom is 0.315 e. The summed E-state index contributed by atoms with van der Waals surface area (Å²) in [6, 6.07) is 9.44. The van der Waals surface area contributed by atoms with Crippen LogP contribution in [0.4, 0.5) is 0 Å². The summed E-state index contributed by atoms with van der Waals surface area (Å²) in [5.74, 6) is 0.451. The van der Waals surface area contributed by atoms with Gasteiger partial charge in [-0.1, -0.05) is 19.4 Å². The molecule has 2 aliphatic rings. The number of hydrogen-bond donors (Lipinski definition) is 0. The van der Waals surface area contributed by atoms with Crippen molar-refractivity contribution in [1.29, 1.82) is 0 Å². The van der Waals surface area contributed by atoms with Gasteiger partial charge in [0.2, 0.25) is 0 Å². The van der Waals surface area contributed by atoms with Crippen molar-refractivity contribution in [2.75, 3.05) is 35.0 Å². The van der Waals surface area contributed by atoms with Gasteiger partial charge in [-0.15, -0.1) is 0 Å². The molecule has 1 heterocycles. The topological polar surface area (TPSA) is 92.7 Å². The molecule has 0 bridgehead atoms. The number of halogens is 1. The van der Waals surface area contributed by atoms with Crippen molar-refractivity contribution in [2.24, 2.45) is 10.9 Å². The average Bonchev–Trinajstić information content (AvgIpc) is 2.95. The molecule has 0 spiro atoms. The van der Waals surface area contributed by atoms with Gasteiger partial charge in [-0.05, 0) is 77.0 Å². The van der Waals surface area contributed by atoms with Gasteiger partial charge in [0.05, 0.1) is 39.5 Å². The van der Waals surface area contributed by atoms with E-state index in [4.69, 9.17) is 28.7 Å². The summed E-state index contributed by atoms with van der Waals surface area (Å²) in [6.45, 7) is 4.20. The molecule has 8 nitrogen and oxygen atoms in total. The fourth-order valence-electron chi connectivity index (χ4n) is 5.59. The van der Waals surface area contributed by atoms with E-state index in [-0.39, 0.29) is 24.1 Å². The van der Waals surface area contributed by atoms with Crippen LogP contribution >= 0.6 is 15.9 Å². The molecule has 4 rings (SSSR count). The number of nitrogens with zero attached hydrogens (tertiary/aromatic N) is 1. The van der Waals surface area contributed by atoms with Gasteiger partial charge in [0.1, 0.15) is 5.92 Å². The summed E-state index contributed by atoms with van der Waals surface area (Å²) < 4.78 is 28.3. The molecule has 0 N–H and O–H groups in total.